The molecule has 0 aliphatic carbocycles. The van der Waals surface area contributed by atoms with Crippen molar-refractivity contribution in [2.45, 2.75) is 32.2 Å². The molecule has 22 heavy (non-hydrogen) atoms. The Balaban J connectivity index is 1.60. The molecule has 122 valence electrons. The van der Waals surface area contributed by atoms with Crippen molar-refractivity contribution in [3.63, 3.8) is 0 Å². The summed E-state index contributed by atoms with van der Waals surface area (Å²) < 4.78 is 10.9. The number of methoxy groups -OCH3 is 2. The second-order valence-electron chi connectivity index (χ2n) is 6.40. The van der Waals surface area contributed by atoms with Crippen molar-refractivity contribution in [3.8, 4) is 11.5 Å². The summed E-state index contributed by atoms with van der Waals surface area (Å²) >= 11 is 0. The Labute approximate surface area is 134 Å². The smallest absolute Gasteiger partial charge is 0.161 e. The number of benzene rings is 1. The largest absolute Gasteiger partial charge is 0.493 e. The maximum atomic E-state index is 5.44. The van der Waals surface area contributed by atoms with Crippen molar-refractivity contribution < 1.29 is 9.47 Å². The fourth-order valence-corrected chi connectivity index (χ4v) is 3.60. The van der Waals surface area contributed by atoms with Crippen molar-refractivity contribution in [1.82, 2.24) is 9.80 Å². The zero-order chi connectivity index (χ0) is 15.4. The lowest BCUT2D eigenvalue weighted by Crippen LogP contribution is -2.39. The van der Waals surface area contributed by atoms with Gasteiger partial charge in [-0.1, -0.05) is 6.42 Å². The molecule has 1 fully saturated rings. The van der Waals surface area contributed by atoms with Crippen LogP contribution in [0.25, 0.3) is 0 Å². The van der Waals surface area contributed by atoms with Gasteiger partial charge in [0.15, 0.2) is 11.5 Å². The highest BCUT2D eigenvalue weighted by atomic mass is 16.5. The molecule has 4 nitrogen and oxygen atoms in total. The van der Waals surface area contributed by atoms with Gasteiger partial charge in [0.1, 0.15) is 0 Å². The minimum atomic E-state index is 0.846. The predicted molar refractivity (Wildman–Crippen MR) is 88.8 cm³/mol. The molecule has 1 aromatic rings. The highest BCUT2D eigenvalue weighted by molar-refractivity contribution is 5.48. The van der Waals surface area contributed by atoms with E-state index in [-0.39, 0.29) is 0 Å². The highest BCUT2D eigenvalue weighted by Crippen LogP contribution is 2.33. The molecule has 0 amide bonds. The first-order valence-electron chi connectivity index (χ1n) is 8.48. The average molecular weight is 304 g/mol. The third-order valence-electron chi connectivity index (χ3n) is 4.98. The summed E-state index contributed by atoms with van der Waals surface area (Å²) in [6, 6.07) is 4.30. The minimum Gasteiger partial charge on any atom is -0.493 e. The minimum absolute atomic E-state index is 0.846. The summed E-state index contributed by atoms with van der Waals surface area (Å²) in [6.45, 7) is 7.14. The Morgan fingerprint density at radius 1 is 0.818 bits per heavy atom. The molecular weight excluding hydrogens is 276 g/mol. The molecule has 0 atom stereocenters. The molecule has 2 aliphatic rings. The van der Waals surface area contributed by atoms with Crippen LogP contribution >= 0.6 is 0 Å². The second kappa shape index (κ2) is 7.34. The third-order valence-corrected chi connectivity index (χ3v) is 4.98. The van der Waals surface area contributed by atoms with Crippen molar-refractivity contribution >= 4 is 0 Å². The van der Waals surface area contributed by atoms with Crippen LogP contribution in [0, 0.1) is 0 Å². The fraction of sp³-hybridized carbons (Fsp3) is 0.667. The molecule has 2 heterocycles. The molecule has 2 aliphatic heterocycles. The number of ether oxygens (including phenoxy) is 2. The number of likely N-dealkylation sites (tertiary alicyclic amines) is 1. The van der Waals surface area contributed by atoms with E-state index in [0.717, 1.165) is 31.0 Å². The molecule has 3 rings (SSSR count). The van der Waals surface area contributed by atoms with E-state index in [1.165, 1.54) is 56.6 Å². The van der Waals surface area contributed by atoms with Crippen LogP contribution < -0.4 is 9.47 Å². The first kappa shape index (κ1) is 15.6. The predicted octanol–water partition coefficient (Wildman–Crippen LogP) is 2.55. The molecule has 0 bridgehead atoms. The maximum Gasteiger partial charge on any atom is 0.161 e. The molecule has 0 aromatic heterocycles. The molecule has 0 unspecified atom stereocenters. The quantitative estimate of drug-likeness (QED) is 0.834. The van der Waals surface area contributed by atoms with Gasteiger partial charge in [0.2, 0.25) is 0 Å². The van der Waals surface area contributed by atoms with E-state index < -0.39 is 0 Å². The number of nitrogens with zero attached hydrogens (tertiary/aromatic N) is 2. The van der Waals surface area contributed by atoms with Crippen molar-refractivity contribution in [1.29, 1.82) is 0 Å². The molecule has 0 N–H and O–H groups in total. The lowest BCUT2D eigenvalue weighted by molar-refractivity contribution is 0.173. The normalized spacial score (nSPS) is 19.7. The first-order valence-corrected chi connectivity index (χ1v) is 8.48. The number of piperidine rings is 1. The van der Waals surface area contributed by atoms with E-state index >= 15 is 0 Å². The molecule has 0 saturated carbocycles. The zero-order valence-corrected chi connectivity index (χ0v) is 13.9. The third kappa shape index (κ3) is 3.55. The molecule has 1 aromatic carbocycles. The molecule has 0 spiro atoms. The number of fused-ring (bicyclic) bond motifs is 1. The van der Waals surface area contributed by atoms with E-state index in [9.17, 15) is 0 Å². The van der Waals surface area contributed by atoms with Gasteiger partial charge >= 0.3 is 0 Å². The standard InChI is InChI=1S/C18H28N2O2/c1-21-17-12-15-6-9-20(14-16(15)13-18(17)22-2)11-10-19-7-4-3-5-8-19/h12-13H,3-11,14H2,1-2H3. The SMILES string of the molecule is COc1cc2c(cc1OC)CN(CCN1CCCCC1)CC2. The molecular formula is C18H28N2O2. The second-order valence-corrected chi connectivity index (χ2v) is 6.40. The van der Waals surface area contributed by atoms with Gasteiger partial charge in [0.25, 0.3) is 0 Å². The van der Waals surface area contributed by atoms with E-state index in [0.29, 0.717) is 0 Å². The van der Waals surface area contributed by atoms with Gasteiger partial charge in [-0.3, -0.25) is 4.90 Å². The molecule has 1 saturated heterocycles. The van der Waals surface area contributed by atoms with Gasteiger partial charge in [-0.05, 0) is 55.6 Å². The summed E-state index contributed by atoms with van der Waals surface area (Å²) in [5.41, 5.74) is 2.80. The summed E-state index contributed by atoms with van der Waals surface area (Å²) in [7, 11) is 3.42. The Kier molecular flexibility index (Phi) is 5.21. The monoisotopic (exact) mass is 304 g/mol. The van der Waals surface area contributed by atoms with Crippen LogP contribution in [-0.4, -0.2) is 56.7 Å². The van der Waals surface area contributed by atoms with Crippen molar-refractivity contribution in [3.05, 3.63) is 23.3 Å². The van der Waals surface area contributed by atoms with Gasteiger partial charge in [0.05, 0.1) is 14.2 Å². The summed E-state index contributed by atoms with van der Waals surface area (Å²) in [4.78, 5) is 5.19. The van der Waals surface area contributed by atoms with Crippen LogP contribution in [0.3, 0.4) is 0 Å². The zero-order valence-electron chi connectivity index (χ0n) is 13.9. The van der Waals surface area contributed by atoms with Gasteiger partial charge in [0, 0.05) is 26.2 Å². The fourth-order valence-electron chi connectivity index (χ4n) is 3.60. The Hall–Kier alpha value is -1.26. The maximum absolute atomic E-state index is 5.44. The van der Waals surface area contributed by atoms with E-state index in [4.69, 9.17) is 9.47 Å². The van der Waals surface area contributed by atoms with Crippen LogP contribution in [-0.2, 0) is 13.0 Å². The topological polar surface area (TPSA) is 24.9 Å². The van der Waals surface area contributed by atoms with Crippen molar-refractivity contribution in [2.75, 3.05) is 46.9 Å². The molecule has 0 radical (unpaired) electrons. The number of rotatable bonds is 5. The Morgan fingerprint density at radius 2 is 1.45 bits per heavy atom. The van der Waals surface area contributed by atoms with E-state index in [2.05, 4.69) is 21.9 Å². The van der Waals surface area contributed by atoms with Crippen LogP contribution in [0.2, 0.25) is 0 Å². The van der Waals surface area contributed by atoms with Crippen LogP contribution in [0.4, 0.5) is 0 Å². The first-order chi connectivity index (χ1) is 10.8. The lowest BCUT2D eigenvalue weighted by Gasteiger charge is -2.33. The van der Waals surface area contributed by atoms with Crippen LogP contribution in [0.15, 0.2) is 12.1 Å². The summed E-state index contributed by atoms with van der Waals surface area (Å²) in [5, 5.41) is 0. The number of hydrogen-bond acceptors (Lipinski definition) is 4. The lowest BCUT2D eigenvalue weighted by atomic mass is 9.99. The summed E-state index contributed by atoms with van der Waals surface area (Å²) in [5.74, 6) is 1.70. The van der Waals surface area contributed by atoms with Crippen molar-refractivity contribution in [2.24, 2.45) is 0 Å². The molecule has 4 heteroatoms. The van der Waals surface area contributed by atoms with Gasteiger partial charge in [-0.15, -0.1) is 0 Å². The van der Waals surface area contributed by atoms with Gasteiger partial charge in [-0.25, -0.2) is 0 Å². The van der Waals surface area contributed by atoms with E-state index in [1.807, 2.05) is 0 Å². The Morgan fingerprint density at radius 3 is 2.14 bits per heavy atom. The van der Waals surface area contributed by atoms with Gasteiger partial charge < -0.3 is 14.4 Å². The number of hydrogen-bond donors (Lipinski definition) is 0. The Bertz CT molecular complexity index is 498. The van der Waals surface area contributed by atoms with Crippen LogP contribution in [0.5, 0.6) is 11.5 Å². The van der Waals surface area contributed by atoms with Crippen LogP contribution in [0.1, 0.15) is 30.4 Å². The van der Waals surface area contributed by atoms with E-state index in [1.54, 1.807) is 14.2 Å². The van der Waals surface area contributed by atoms with Gasteiger partial charge in [-0.2, -0.15) is 0 Å². The summed E-state index contributed by atoms with van der Waals surface area (Å²) in [6.07, 6.45) is 5.27. The highest BCUT2D eigenvalue weighted by Gasteiger charge is 2.20. The average Bonchev–Trinajstić information content (AvgIpc) is 2.59.